The third-order valence-corrected chi connectivity index (χ3v) is 6.24. The molecule has 0 bridgehead atoms. The molecule has 2 unspecified atom stereocenters. The van der Waals surface area contributed by atoms with Gasteiger partial charge in [-0.25, -0.2) is 13.1 Å². The van der Waals surface area contributed by atoms with Crippen molar-refractivity contribution >= 4 is 27.5 Å². The lowest BCUT2D eigenvalue weighted by Crippen LogP contribution is -2.33. The minimum Gasteiger partial charge on any atom is -0.497 e. The molecule has 0 aromatic heterocycles. The van der Waals surface area contributed by atoms with E-state index in [9.17, 15) is 8.42 Å². The Labute approximate surface area is 124 Å². The van der Waals surface area contributed by atoms with E-state index in [0.717, 1.165) is 19.3 Å². The van der Waals surface area contributed by atoms with E-state index in [1.165, 1.54) is 19.2 Å². The van der Waals surface area contributed by atoms with Crippen LogP contribution in [0.25, 0.3) is 0 Å². The smallest absolute Gasteiger partial charge is 0.242 e. The molecule has 2 atom stereocenters. The number of thioether (sulfide) groups is 1. The largest absolute Gasteiger partial charge is 0.497 e. The molecule has 1 aliphatic carbocycles. The molecule has 1 aliphatic rings. The summed E-state index contributed by atoms with van der Waals surface area (Å²) in [6.07, 6.45) is 4.85. The molecular weight excluding hydrogens is 296 g/mol. The molecule has 0 heterocycles. The molecule has 5 nitrogen and oxygen atoms in total. The van der Waals surface area contributed by atoms with Crippen molar-refractivity contribution in [2.24, 2.45) is 0 Å². The van der Waals surface area contributed by atoms with Gasteiger partial charge in [0.15, 0.2) is 0 Å². The maximum Gasteiger partial charge on any atom is 0.242 e. The van der Waals surface area contributed by atoms with Gasteiger partial charge in [0.2, 0.25) is 10.0 Å². The van der Waals surface area contributed by atoms with Crippen LogP contribution in [0.3, 0.4) is 0 Å². The second-order valence-corrected chi connectivity index (χ2v) is 7.71. The van der Waals surface area contributed by atoms with Gasteiger partial charge in [-0.1, -0.05) is 0 Å². The molecular formula is C13H20N2O3S2. The highest BCUT2D eigenvalue weighted by Crippen LogP contribution is 2.30. The first kappa shape index (κ1) is 15.5. The maximum absolute atomic E-state index is 12.4. The summed E-state index contributed by atoms with van der Waals surface area (Å²) in [5, 5.41) is 0.538. The van der Waals surface area contributed by atoms with Gasteiger partial charge in [0.1, 0.15) is 10.6 Å². The van der Waals surface area contributed by atoms with E-state index in [-0.39, 0.29) is 16.6 Å². The lowest BCUT2D eigenvalue weighted by Gasteiger charge is -2.15. The van der Waals surface area contributed by atoms with Crippen LogP contribution in [0.1, 0.15) is 19.3 Å². The van der Waals surface area contributed by atoms with Crippen molar-refractivity contribution in [3.05, 3.63) is 18.2 Å². The summed E-state index contributed by atoms with van der Waals surface area (Å²) in [6, 6.07) is 4.61. The summed E-state index contributed by atoms with van der Waals surface area (Å²) in [4.78, 5) is 0.117. The zero-order valence-electron chi connectivity index (χ0n) is 11.6. The summed E-state index contributed by atoms with van der Waals surface area (Å²) in [6.45, 7) is 0. The van der Waals surface area contributed by atoms with Crippen molar-refractivity contribution < 1.29 is 13.2 Å². The lowest BCUT2D eigenvalue weighted by molar-refractivity contribution is 0.414. The molecule has 0 saturated heterocycles. The average molecular weight is 316 g/mol. The van der Waals surface area contributed by atoms with Gasteiger partial charge in [-0.2, -0.15) is 11.8 Å². The quantitative estimate of drug-likeness (QED) is 0.810. The Morgan fingerprint density at radius 2 is 2.15 bits per heavy atom. The highest BCUT2D eigenvalue weighted by molar-refractivity contribution is 7.99. The molecule has 1 aromatic carbocycles. The second-order valence-electron chi connectivity index (χ2n) is 4.89. The third-order valence-electron chi connectivity index (χ3n) is 3.55. The highest BCUT2D eigenvalue weighted by Gasteiger charge is 2.29. The monoisotopic (exact) mass is 316 g/mol. The second kappa shape index (κ2) is 6.24. The summed E-state index contributed by atoms with van der Waals surface area (Å²) in [7, 11) is -2.05. The van der Waals surface area contributed by atoms with Crippen molar-refractivity contribution in [2.45, 2.75) is 35.4 Å². The third kappa shape index (κ3) is 3.39. The zero-order valence-corrected chi connectivity index (χ0v) is 13.3. The van der Waals surface area contributed by atoms with Gasteiger partial charge in [0, 0.05) is 17.4 Å². The van der Waals surface area contributed by atoms with E-state index in [1.807, 2.05) is 0 Å². The van der Waals surface area contributed by atoms with Gasteiger partial charge in [0.05, 0.1) is 12.8 Å². The summed E-state index contributed by atoms with van der Waals surface area (Å²) in [5.41, 5.74) is 6.01. The fourth-order valence-electron chi connectivity index (χ4n) is 2.44. The van der Waals surface area contributed by atoms with Gasteiger partial charge < -0.3 is 10.5 Å². The van der Waals surface area contributed by atoms with Gasteiger partial charge in [-0.15, -0.1) is 0 Å². The number of benzene rings is 1. The molecule has 0 spiro atoms. The van der Waals surface area contributed by atoms with Crippen LogP contribution in [0, 0.1) is 0 Å². The number of rotatable bonds is 5. The van der Waals surface area contributed by atoms with Crippen LogP contribution in [0.15, 0.2) is 23.1 Å². The van der Waals surface area contributed by atoms with Crippen molar-refractivity contribution in [1.82, 2.24) is 4.72 Å². The van der Waals surface area contributed by atoms with Gasteiger partial charge in [0.25, 0.3) is 0 Å². The van der Waals surface area contributed by atoms with Gasteiger partial charge in [-0.05, 0) is 37.7 Å². The highest BCUT2D eigenvalue weighted by atomic mass is 32.2. The topological polar surface area (TPSA) is 81.4 Å². The van der Waals surface area contributed by atoms with E-state index in [4.69, 9.17) is 10.5 Å². The van der Waals surface area contributed by atoms with Crippen LogP contribution in [0.2, 0.25) is 0 Å². The lowest BCUT2D eigenvalue weighted by atomic mass is 10.3. The van der Waals surface area contributed by atoms with E-state index in [1.54, 1.807) is 17.8 Å². The number of hydrogen-bond donors (Lipinski definition) is 2. The first-order chi connectivity index (χ1) is 9.46. The molecule has 112 valence electrons. The molecule has 1 aromatic rings. The first-order valence-electron chi connectivity index (χ1n) is 6.45. The van der Waals surface area contributed by atoms with Crippen molar-refractivity contribution in [3.8, 4) is 5.75 Å². The van der Waals surface area contributed by atoms with Crippen LogP contribution in [-0.2, 0) is 10.0 Å². The summed E-state index contributed by atoms with van der Waals surface area (Å²) in [5.74, 6) is 0.546. The fraction of sp³-hybridized carbons (Fsp3) is 0.538. The Hall–Kier alpha value is -0.920. The van der Waals surface area contributed by atoms with Crippen LogP contribution in [0.4, 0.5) is 5.69 Å². The van der Waals surface area contributed by atoms with Gasteiger partial charge >= 0.3 is 0 Å². The predicted molar refractivity (Wildman–Crippen MR) is 82.7 cm³/mol. The standard InChI is InChI=1S/C13H20N2O3S2/c1-18-10-4-6-13(12(14)8-10)20(16,17)15-9-3-5-11(7-9)19-2/h4,6,8-9,11,15H,3,5,7,14H2,1-2H3. The number of anilines is 1. The molecule has 0 radical (unpaired) electrons. The van der Waals surface area contributed by atoms with Crippen LogP contribution < -0.4 is 15.2 Å². The Morgan fingerprint density at radius 3 is 2.70 bits per heavy atom. The predicted octanol–water partition coefficient (Wildman–Crippen LogP) is 1.84. The summed E-state index contributed by atoms with van der Waals surface area (Å²) < 4.78 is 32.5. The van der Waals surface area contributed by atoms with Crippen molar-refractivity contribution in [3.63, 3.8) is 0 Å². The fourth-order valence-corrected chi connectivity index (χ4v) is 4.64. The number of hydrogen-bond acceptors (Lipinski definition) is 5. The number of nitrogens with one attached hydrogen (secondary N) is 1. The molecule has 0 aliphatic heterocycles. The van der Waals surface area contributed by atoms with Crippen molar-refractivity contribution in [1.29, 1.82) is 0 Å². The Kier molecular flexibility index (Phi) is 4.82. The number of ether oxygens (including phenoxy) is 1. The van der Waals surface area contributed by atoms with Gasteiger partial charge in [-0.3, -0.25) is 0 Å². The van der Waals surface area contributed by atoms with Crippen molar-refractivity contribution in [2.75, 3.05) is 19.1 Å². The minimum atomic E-state index is -3.57. The minimum absolute atomic E-state index is 0.000971. The molecule has 1 fully saturated rings. The molecule has 3 N–H and O–H groups in total. The van der Waals surface area contributed by atoms with Crippen LogP contribution >= 0.6 is 11.8 Å². The number of methoxy groups -OCH3 is 1. The Bertz CT molecular complexity index is 575. The molecule has 1 saturated carbocycles. The van der Waals surface area contributed by atoms with E-state index >= 15 is 0 Å². The number of nitrogen functional groups attached to an aromatic ring is 1. The molecule has 0 amide bonds. The van der Waals surface area contributed by atoms with Crippen LogP contribution in [0.5, 0.6) is 5.75 Å². The summed E-state index contributed by atoms with van der Waals surface area (Å²) >= 11 is 1.79. The Balaban J connectivity index is 2.14. The molecule has 20 heavy (non-hydrogen) atoms. The maximum atomic E-state index is 12.4. The van der Waals surface area contributed by atoms with E-state index < -0.39 is 10.0 Å². The zero-order chi connectivity index (χ0) is 14.8. The Morgan fingerprint density at radius 1 is 1.40 bits per heavy atom. The number of nitrogens with two attached hydrogens (primary N) is 1. The van der Waals surface area contributed by atoms with E-state index in [0.29, 0.717) is 11.0 Å². The first-order valence-corrected chi connectivity index (χ1v) is 9.22. The normalized spacial score (nSPS) is 22.9. The number of sulfonamides is 1. The molecule has 7 heteroatoms. The average Bonchev–Trinajstić information content (AvgIpc) is 2.85. The molecule has 2 rings (SSSR count). The SMILES string of the molecule is COc1ccc(S(=O)(=O)NC2CCC(SC)C2)c(N)c1. The van der Waals surface area contributed by atoms with Crippen LogP contribution in [-0.4, -0.2) is 33.1 Å². The van der Waals surface area contributed by atoms with E-state index in [2.05, 4.69) is 11.0 Å².